The minimum atomic E-state index is -0.850. The van der Waals surface area contributed by atoms with Crippen molar-refractivity contribution in [3.05, 3.63) is 107 Å². The van der Waals surface area contributed by atoms with E-state index < -0.39 is 23.6 Å². The van der Waals surface area contributed by atoms with E-state index in [-0.39, 0.29) is 64.5 Å². The number of hydrogen-bond acceptors (Lipinski definition) is 9. The average Bonchev–Trinajstić information content (AvgIpc) is 3.40. The van der Waals surface area contributed by atoms with Crippen LogP contribution in [-0.2, 0) is 14.2 Å². The molecule has 1 saturated heterocycles. The van der Waals surface area contributed by atoms with Gasteiger partial charge in [-0.3, -0.25) is 0 Å². The molecule has 2 fully saturated rings. The zero-order chi connectivity index (χ0) is 37.9. The first-order valence-electron chi connectivity index (χ1n) is 18.4. The van der Waals surface area contributed by atoms with Crippen molar-refractivity contribution in [3.63, 3.8) is 0 Å². The van der Waals surface area contributed by atoms with Crippen LogP contribution in [0.25, 0.3) is 11.1 Å². The van der Waals surface area contributed by atoms with Crippen LogP contribution in [0.15, 0.2) is 72.8 Å². The van der Waals surface area contributed by atoms with Crippen LogP contribution in [0.2, 0.25) is 0 Å². The maximum Gasteiger partial charge on any atom is 0.346 e. The Morgan fingerprint density at radius 2 is 1.13 bits per heavy atom. The zero-order valence-corrected chi connectivity index (χ0v) is 30.7. The second-order valence-electron chi connectivity index (χ2n) is 14.6. The van der Waals surface area contributed by atoms with Crippen LogP contribution in [0.1, 0.15) is 90.6 Å². The average molecular weight is 743 g/mol. The van der Waals surface area contributed by atoms with Gasteiger partial charge in [0.2, 0.25) is 0 Å². The summed E-state index contributed by atoms with van der Waals surface area (Å²) in [7, 11) is 0. The summed E-state index contributed by atoms with van der Waals surface area (Å²) >= 11 is 0. The van der Waals surface area contributed by atoms with Gasteiger partial charge < -0.3 is 33.2 Å². The molecule has 1 aliphatic heterocycles. The summed E-state index contributed by atoms with van der Waals surface area (Å²) in [6.45, 7) is 8.55. The molecule has 1 unspecified atom stereocenters. The van der Waals surface area contributed by atoms with Crippen molar-refractivity contribution in [2.45, 2.75) is 58.8 Å². The van der Waals surface area contributed by atoms with Crippen molar-refractivity contribution < 1.29 is 51.5 Å². The molecule has 3 aliphatic rings. The highest BCUT2D eigenvalue weighted by atomic mass is 19.1. The highest BCUT2D eigenvalue weighted by Crippen LogP contribution is 2.47. The second-order valence-corrected chi connectivity index (χ2v) is 14.6. The fraction of sp³-hybridized carbons (Fsp3) is 0.395. The molecule has 54 heavy (non-hydrogen) atoms. The highest BCUT2D eigenvalue weighted by Gasteiger charge is 2.37. The third kappa shape index (κ3) is 7.85. The molecule has 1 heterocycles. The molecule has 4 aromatic rings. The van der Waals surface area contributed by atoms with Crippen LogP contribution < -0.4 is 18.9 Å². The normalized spacial score (nSPS) is 17.4. The molecular formula is C43H44F2O9. The fourth-order valence-electron chi connectivity index (χ4n) is 7.20. The number of ether oxygens (including phenoxy) is 7. The molecule has 0 radical (unpaired) electrons. The molecular weight excluding hydrogens is 698 g/mol. The Balaban J connectivity index is 0.929. The summed E-state index contributed by atoms with van der Waals surface area (Å²) < 4.78 is 68.8. The topological polar surface area (TPSA) is 98.8 Å². The minimum absolute atomic E-state index is 0.000437. The first kappa shape index (κ1) is 37.5. The lowest BCUT2D eigenvalue weighted by Crippen LogP contribution is -2.45. The zero-order valence-electron chi connectivity index (χ0n) is 30.7. The summed E-state index contributed by atoms with van der Waals surface area (Å²) in [6.07, 6.45) is 5.49. The van der Waals surface area contributed by atoms with Gasteiger partial charge in [-0.05, 0) is 102 Å². The van der Waals surface area contributed by atoms with Gasteiger partial charge in [0, 0.05) is 23.5 Å². The summed E-state index contributed by atoms with van der Waals surface area (Å²) in [5.74, 6) is -2.40. The van der Waals surface area contributed by atoms with Gasteiger partial charge >= 0.3 is 11.9 Å². The number of carbonyl (C=O) groups excluding carboxylic acids is 2. The molecule has 284 valence electrons. The second kappa shape index (κ2) is 15.9. The summed E-state index contributed by atoms with van der Waals surface area (Å²) in [5, 5.41) is 0. The van der Waals surface area contributed by atoms with E-state index in [2.05, 4.69) is 13.8 Å². The third-order valence-electron chi connectivity index (χ3n) is 11.2. The van der Waals surface area contributed by atoms with E-state index in [4.69, 9.17) is 33.2 Å². The number of benzene rings is 4. The molecule has 9 nitrogen and oxygen atoms in total. The summed E-state index contributed by atoms with van der Waals surface area (Å²) in [6, 6.07) is 18.4. The maximum absolute atomic E-state index is 15.0. The van der Waals surface area contributed by atoms with Crippen molar-refractivity contribution in [2.24, 2.45) is 10.8 Å². The Labute approximate surface area is 313 Å². The lowest BCUT2D eigenvalue weighted by Gasteiger charge is -2.40. The number of carbonyl (C=O) groups is 2. The molecule has 1 saturated carbocycles. The predicted octanol–water partition coefficient (Wildman–Crippen LogP) is 9.25. The van der Waals surface area contributed by atoms with Gasteiger partial charge in [0.1, 0.15) is 34.6 Å². The van der Waals surface area contributed by atoms with Gasteiger partial charge in [-0.25, -0.2) is 18.4 Å². The molecule has 0 N–H and O–H groups in total. The van der Waals surface area contributed by atoms with E-state index in [1.165, 1.54) is 30.7 Å². The van der Waals surface area contributed by atoms with E-state index in [0.29, 0.717) is 26.4 Å². The Morgan fingerprint density at radius 1 is 0.667 bits per heavy atom. The van der Waals surface area contributed by atoms with Crippen LogP contribution in [0.3, 0.4) is 0 Å². The largest absolute Gasteiger partial charge is 0.467 e. The molecule has 0 spiro atoms. The smallest absolute Gasteiger partial charge is 0.346 e. The molecule has 0 bridgehead atoms. The van der Waals surface area contributed by atoms with Crippen molar-refractivity contribution in [2.75, 3.05) is 40.0 Å². The SMILES string of the molecule is CCC1(COCOc2ccc(C(=O)Oc3ccc4c(c3)C(C)c3cc(OC(=O)c5ccc(OCOCC6(CC)COC6)cc5F)ccc3-4)c(F)c2)CCC1. The number of halogens is 2. The lowest BCUT2D eigenvalue weighted by molar-refractivity contribution is -0.162. The van der Waals surface area contributed by atoms with Crippen LogP contribution >= 0.6 is 0 Å². The highest BCUT2D eigenvalue weighted by molar-refractivity contribution is 5.93. The minimum Gasteiger partial charge on any atom is -0.467 e. The number of esters is 2. The van der Waals surface area contributed by atoms with Gasteiger partial charge in [-0.2, -0.15) is 0 Å². The first-order valence-corrected chi connectivity index (χ1v) is 18.4. The Bertz CT molecular complexity index is 1870. The van der Waals surface area contributed by atoms with Crippen molar-refractivity contribution in [1.29, 1.82) is 0 Å². The third-order valence-corrected chi connectivity index (χ3v) is 11.2. The lowest BCUT2D eigenvalue weighted by atomic mass is 9.68. The standard InChI is InChI=1S/C43H44F2O9/c1-4-42(15-6-16-42)21-49-25-51-28-7-13-34(38(44)19-28)40(46)53-30-9-11-32-33-12-10-31(18-37(33)27(3)36(32)17-30)54-41(47)35-14-8-29(20-39(35)45)52-26-50-24-43(5-2)22-48-23-43/h7-14,17-20,27H,4-6,15-16,21-26H2,1-3H3. The van der Waals surface area contributed by atoms with Gasteiger partial charge in [-0.15, -0.1) is 0 Å². The van der Waals surface area contributed by atoms with Crippen LogP contribution in [0.5, 0.6) is 23.0 Å². The molecule has 2 aliphatic carbocycles. The van der Waals surface area contributed by atoms with Gasteiger partial charge in [0.15, 0.2) is 13.6 Å². The first-order chi connectivity index (χ1) is 26.1. The van der Waals surface area contributed by atoms with Crippen molar-refractivity contribution in [1.82, 2.24) is 0 Å². The van der Waals surface area contributed by atoms with E-state index in [9.17, 15) is 18.4 Å². The molecule has 1 atom stereocenters. The van der Waals surface area contributed by atoms with E-state index in [1.807, 2.05) is 19.1 Å². The van der Waals surface area contributed by atoms with E-state index >= 15 is 0 Å². The summed E-state index contributed by atoms with van der Waals surface area (Å²) in [4.78, 5) is 26.0. The van der Waals surface area contributed by atoms with Crippen LogP contribution in [0, 0.1) is 22.5 Å². The maximum atomic E-state index is 15.0. The van der Waals surface area contributed by atoms with Gasteiger partial charge in [0.05, 0.1) is 37.6 Å². The Kier molecular flexibility index (Phi) is 11.0. The van der Waals surface area contributed by atoms with Crippen LogP contribution in [0.4, 0.5) is 8.78 Å². The molecule has 7 rings (SSSR count). The monoisotopic (exact) mass is 742 g/mol. The van der Waals surface area contributed by atoms with Crippen LogP contribution in [-0.4, -0.2) is 52.0 Å². The number of hydrogen-bond donors (Lipinski definition) is 0. The predicted molar refractivity (Wildman–Crippen MR) is 195 cm³/mol. The van der Waals surface area contributed by atoms with Gasteiger partial charge in [0.25, 0.3) is 0 Å². The number of rotatable bonds is 16. The van der Waals surface area contributed by atoms with E-state index in [0.717, 1.165) is 60.1 Å². The van der Waals surface area contributed by atoms with E-state index in [1.54, 1.807) is 24.3 Å². The molecule has 4 aromatic carbocycles. The molecule has 0 amide bonds. The van der Waals surface area contributed by atoms with Crippen molar-refractivity contribution in [3.8, 4) is 34.1 Å². The van der Waals surface area contributed by atoms with Crippen molar-refractivity contribution >= 4 is 11.9 Å². The number of fused-ring (bicyclic) bond motifs is 3. The summed E-state index contributed by atoms with van der Waals surface area (Å²) in [5.41, 5.74) is 3.38. The fourth-order valence-corrected chi connectivity index (χ4v) is 7.20. The Hall–Kier alpha value is -4.84. The van der Waals surface area contributed by atoms with Gasteiger partial charge in [-0.1, -0.05) is 39.3 Å². The molecule has 0 aromatic heterocycles. The quantitative estimate of drug-likeness (QED) is 0.0482. The Morgan fingerprint density at radius 3 is 1.52 bits per heavy atom. The molecule has 11 heteroatoms.